The minimum Gasteiger partial charge on any atom is -0.369 e. The van der Waals surface area contributed by atoms with Gasteiger partial charge in [0.15, 0.2) is 0 Å². The fraction of sp³-hybridized carbons (Fsp3) is 0.278. The molecule has 0 aliphatic heterocycles. The molecule has 2 aromatic rings. The van der Waals surface area contributed by atoms with Crippen molar-refractivity contribution in [2.24, 2.45) is 5.73 Å². The molecule has 0 fully saturated rings. The maximum Gasteiger partial charge on any atom is 0.522 e. The summed E-state index contributed by atoms with van der Waals surface area (Å²) in [6, 6.07) is 16.2. The molecule has 6 heteroatoms. The van der Waals surface area contributed by atoms with Crippen LogP contribution < -0.4 is 5.73 Å². The van der Waals surface area contributed by atoms with Gasteiger partial charge in [-0.05, 0) is 30.5 Å². The zero-order chi connectivity index (χ0) is 18.0. The summed E-state index contributed by atoms with van der Waals surface area (Å²) in [7, 11) is 0. The van der Waals surface area contributed by atoms with Crippen molar-refractivity contribution in [2.75, 3.05) is 0 Å². The van der Waals surface area contributed by atoms with Crippen molar-refractivity contribution in [2.45, 2.75) is 31.7 Å². The minimum absolute atomic E-state index is 0.367. The van der Waals surface area contributed by atoms with E-state index < -0.39 is 23.8 Å². The first-order valence-corrected chi connectivity index (χ1v) is 7.35. The molecule has 0 aliphatic rings. The lowest BCUT2D eigenvalue weighted by Gasteiger charge is -2.33. The molecule has 0 aliphatic carbocycles. The molecule has 2 aromatic carbocycles. The van der Waals surface area contributed by atoms with Crippen molar-refractivity contribution in [3.63, 3.8) is 0 Å². The molecule has 2 rings (SSSR count). The maximum absolute atomic E-state index is 12.5. The van der Waals surface area contributed by atoms with Gasteiger partial charge in [0.05, 0.1) is 11.5 Å². The molecule has 2 unspecified atom stereocenters. The topological polar surface area (TPSA) is 52.3 Å². The molecule has 128 valence electrons. The van der Waals surface area contributed by atoms with E-state index in [1.54, 1.807) is 24.3 Å². The van der Waals surface area contributed by atoms with Crippen LogP contribution in [-0.4, -0.2) is 18.4 Å². The summed E-state index contributed by atoms with van der Waals surface area (Å²) in [6.45, 7) is 2.53. The van der Waals surface area contributed by atoms with Gasteiger partial charge < -0.3 is 5.73 Å². The smallest absolute Gasteiger partial charge is 0.369 e. The van der Waals surface area contributed by atoms with Crippen LogP contribution >= 0.6 is 0 Å². The number of nitrogens with two attached hydrogens (primary N) is 1. The Balaban J connectivity index is 2.36. The van der Waals surface area contributed by atoms with Crippen LogP contribution in [0, 0.1) is 0 Å². The van der Waals surface area contributed by atoms with Gasteiger partial charge in [-0.2, -0.15) is 0 Å². The third kappa shape index (κ3) is 3.76. The van der Waals surface area contributed by atoms with E-state index in [1.807, 2.05) is 30.3 Å². The molecule has 2 N–H and O–H groups in total. The van der Waals surface area contributed by atoms with E-state index in [0.29, 0.717) is 5.56 Å². The molecular formula is C18H18F3NO2. The van der Waals surface area contributed by atoms with Crippen molar-refractivity contribution in [3.05, 3.63) is 60.2 Å². The van der Waals surface area contributed by atoms with E-state index in [4.69, 9.17) is 5.73 Å². The second-order valence-electron chi connectivity index (χ2n) is 5.72. The molecule has 24 heavy (non-hydrogen) atoms. The molecule has 3 nitrogen and oxygen atoms in total. The van der Waals surface area contributed by atoms with Gasteiger partial charge in [-0.1, -0.05) is 54.6 Å². The van der Waals surface area contributed by atoms with Crippen molar-refractivity contribution in [1.82, 2.24) is 0 Å². The number of hydrogen-bond donors (Lipinski definition) is 1. The highest BCUT2D eigenvalue weighted by atomic mass is 19.4. The molecule has 0 aromatic heterocycles. The number of ether oxygens (including phenoxy) is 1. The molecular weight excluding hydrogens is 319 g/mol. The van der Waals surface area contributed by atoms with Crippen LogP contribution in [-0.2, 0) is 14.9 Å². The van der Waals surface area contributed by atoms with Crippen LogP contribution in [0.5, 0.6) is 0 Å². The number of benzene rings is 2. The molecule has 2 atom stereocenters. The van der Waals surface area contributed by atoms with E-state index in [0.717, 1.165) is 11.1 Å². The van der Waals surface area contributed by atoms with Crippen LogP contribution in [0.15, 0.2) is 54.6 Å². The Hall–Kier alpha value is -2.34. The number of halogens is 3. The minimum atomic E-state index is -4.85. The average molecular weight is 337 g/mol. The fourth-order valence-corrected chi connectivity index (χ4v) is 2.54. The predicted molar refractivity (Wildman–Crippen MR) is 85.0 cm³/mol. The van der Waals surface area contributed by atoms with Gasteiger partial charge in [-0.25, -0.2) is 0 Å². The van der Waals surface area contributed by atoms with E-state index in [2.05, 4.69) is 4.74 Å². The maximum atomic E-state index is 12.5. The van der Waals surface area contributed by atoms with Gasteiger partial charge in [0, 0.05) is 0 Å². The largest absolute Gasteiger partial charge is 0.522 e. The van der Waals surface area contributed by atoms with Crippen LogP contribution in [0.2, 0.25) is 0 Å². The number of rotatable bonds is 5. The Labute approximate surface area is 138 Å². The van der Waals surface area contributed by atoms with Crippen LogP contribution in [0.3, 0.4) is 0 Å². The summed E-state index contributed by atoms with van der Waals surface area (Å²) in [5.74, 6) is -0.883. The highest BCUT2D eigenvalue weighted by molar-refractivity contribution is 5.87. The zero-order valence-corrected chi connectivity index (χ0v) is 13.3. The normalized spacial score (nSPS) is 15.5. The molecule has 0 radical (unpaired) electrons. The lowest BCUT2D eigenvalue weighted by atomic mass is 9.77. The molecule has 1 amide bonds. The number of alkyl halides is 3. The molecule has 0 spiro atoms. The fourth-order valence-electron chi connectivity index (χ4n) is 2.54. The SMILES string of the molecule is CC(OC(F)(F)F)C(C)(C(N)=O)c1ccc(-c2ccccc2)cc1. The van der Waals surface area contributed by atoms with Crippen molar-refractivity contribution in [3.8, 4) is 11.1 Å². The summed E-state index contributed by atoms with van der Waals surface area (Å²) < 4.78 is 41.6. The Morgan fingerprint density at radius 1 is 1.00 bits per heavy atom. The van der Waals surface area contributed by atoms with E-state index in [-0.39, 0.29) is 0 Å². The number of carbonyl (C=O) groups is 1. The molecule has 0 saturated carbocycles. The summed E-state index contributed by atoms with van der Waals surface area (Å²) in [4.78, 5) is 11.9. The number of amides is 1. The van der Waals surface area contributed by atoms with E-state index in [1.165, 1.54) is 13.8 Å². The van der Waals surface area contributed by atoms with Crippen LogP contribution in [0.25, 0.3) is 11.1 Å². The van der Waals surface area contributed by atoms with Crippen molar-refractivity contribution in [1.29, 1.82) is 0 Å². The molecule has 0 heterocycles. The first-order chi connectivity index (χ1) is 11.1. The Bertz CT molecular complexity index is 698. The monoisotopic (exact) mass is 337 g/mol. The Morgan fingerprint density at radius 3 is 1.96 bits per heavy atom. The summed E-state index contributed by atoms with van der Waals surface area (Å²) in [5.41, 5.74) is 5.99. The molecule has 0 saturated heterocycles. The third-order valence-corrected chi connectivity index (χ3v) is 4.23. The quantitative estimate of drug-likeness (QED) is 0.896. The second kappa shape index (κ2) is 6.65. The van der Waals surface area contributed by atoms with Gasteiger partial charge >= 0.3 is 6.36 Å². The Morgan fingerprint density at radius 2 is 1.50 bits per heavy atom. The van der Waals surface area contributed by atoms with Gasteiger partial charge in [0.1, 0.15) is 0 Å². The first-order valence-electron chi connectivity index (χ1n) is 7.35. The predicted octanol–water partition coefficient (Wildman–Crippen LogP) is 4.02. The van der Waals surface area contributed by atoms with Gasteiger partial charge in [0.25, 0.3) is 0 Å². The first kappa shape index (κ1) is 18.0. The lowest BCUT2D eigenvalue weighted by molar-refractivity contribution is -0.345. The summed E-state index contributed by atoms with van der Waals surface area (Å²) in [5, 5.41) is 0. The van der Waals surface area contributed by atoms with Crippen molar-refractivity contribution < 1.29 is 22.7 Å². The Kier molecular flexibility index (Phi) is 4.99. The average Bonchev–Trinajstić information content (AvgIpc) is 2.53. The standard InChI is InChI=1S/C18H18F3NO2/c1-12(24-18(19,20)21)17(2,16(22)23)15-10-8-14(9-11-15)13-6-4-3-5-7-13/h3-12H,1-2H3,(H2,22,23). The van der Waals surface area contributed by atoms with Crippen LogP contribution in [0.1, 0.15) is 19.4 Å². The number of hydrogen-bond acceptors (Lipinski definition) is 2. The summed E-state index contributed by atoms with van der Waals surface area (Å²) >= 11 is 0. The lowest BCUT2D eigenvalue weighted by Crippen LogP contribution is -2.49. The highest BCUT2D eigenvalue weighted by Crippen LogP contribution is 2.34. The van der Waals surface area contributed by atoms with Gasteiger partial charge in [0.2, 0.25) is 5.91 Å². The van der Waals surface area contributed by atoms with Crippen LogP contribution in [0.4, 0.5) is 13.2 Å². The van der Waals surface area contributed by atoms with Crippen molar-refractivity contribution >= 4 is 5.91 Å². The number of carbonyl (C=O) groups excluding carboxylic acids is 1. The number of primary amides is 1. The molecule has 0 bridgehead atoms. The highest BCUT2D eigenvalue weighted by Gasteiger charge is 2.45. The van der Waals surface area contributed by atoms with E-state index >= 15 is 0 Å². The zero-order valence-electron chi connectivity index (χ0n) is 13.3. The van der Waals surface area contributed by atoms with Gasteiger partial charge in [-0.15, -0.1) is 13.2 Å². The van der Waals surface area contributed by atoms with Gasteiger partial charge in [-0.3, -0.25) is 9.53 Å². The summed E-state index contributed by atoms with van der Waals surface area (Å²) in [6.07, 6.45) is -6.31. The second-order valence-corrected chi connectivity index (χ2v) is 5.72. The van der Waals surface area contributed by atoms with E-state index in [9.17, 15) is 18.0 Å². The third-order valence-electron chi connectivity index (χ3n) is 4.23.